The Balaban J connectivity index is 2.05. The first-order valence-electron chi connectivity index (χ1n) is 6.16. The van der Waals surface area contributed by atoms with Gasteiger partial charge in [-0.2, -0.15) is 0 Å². The molecule has 0 aliphatic carbocycles. The number of sulfonamides is 1. The van der Waals surface area contributed by atoms with Gasteiger partial charge in [-0.3, -0.25) is 10.1 Å². The smallest absolute Gasteiger partial charge is 0.257 e. The predicted octanol–water partition coefficient (Wildman–Crippen LogP) is 1.46. The molecule has 0 bridgehead atoms. The second-order valence-corrected chi connectivity index (χ2v) is 6.32. The van der Waals surface area contributed by atoms with Crippen LogP contribution in [-0.4, -0.2) is 19.4 Å². The van der Waals surface area contributed by atoms with Crippen molar-refractivity contribution in [1.82, 2.24) is 5.32 Å². The Morgan fingerprint density at radius 1 is 1.05 bits per heavy atom. The summed E-state index contributed by atoms with van der Waals surface area (Å²) in [6.45, 7) is 0. The Morgan fingerprint density at radius 2 is 1.73 bits per heavy atom. The van der Waals surface area contributed by atoms with Crippen LogP contribution in [0.15, 0.2) is 59.5 Å². The molecule has 0 aliphatic rings. The van der Waals surface area contributed by atoms with Crippen molar-refractivity contribution >= 4 is 38.9 Å². The molecular formula is C14H13N3O3S2. The maximum Gasteiger partial charge on any atom is 0.257 e. The number of hydrogen-bond donors (Lipinski definition) is 3. The molecule has 0 aromatic heterocycles. The number of carbonyl (C=O) groups is 1. The monoisotopic (exact) mass is 335 g/mol. The maximum atomic E-state index is 11.9. The third-order valence-corrected chi connectivity index (χ3v) is 3.80. The fraction of sp³-hybridized carbons (Fsp3) is 0. The van der Waals surface area contributed by atoms with Crippen LogP contribution in [0.1, 0.15) is 10.4 Å². The molecule has 0 saturated carbocycles. The van der Waals surface area contributed by atoms with Crippen LogP contribution in [-0.2, 0) is 10.0 Å². The van der Waals surface area contributed by atoms with Gasteiger partial charge in [-0.25, -0.2) is 13.6 Å². The molecule has 0 unspecified atom stereocenters. The Hall–Kier alpha value is -2.29. The van der Waals surface area contributed by atoms with E-state index in [0.29, 0.717) is 11.3 Å². The van der Waals surface area contributed by atoms with Gasteiger partial charge in [0.25, 0.3) is 5.91 Å². The van der Waals surface area contributed by atoms with Gasteiger partial charge >= 0.3 is 0 Å². The number of primary sulfonamides is 1. The van der Waals surface area contributed by atoms with Crippen LogP contribution in [0.5, 0.6) is 0 Å². The molecule has 2 aromatic carbocycles. The standard InChI is InChI=1S/C14H13N3O3S2/c15-22(19,20)12-8-4-7-11(9-12)16-14(21)17-13(18)10-5-2-1-3-6-10/h1-9H,(H2,15,19,20)(H2,16,17,18,21). The zero-order valence-corrected chi connectivity index (χ0v) is 12.9. The number of benzene rings is 2. The summed E-state index contributed by atoms with van der Waals surface area (Å²) in [6, 6.07) is 14.4. The van der Waals surface area contributed by atoms with E-state index in [9.17, 15) is 13.2 Å². The number of amides is 1. The lowest BCUT2D eigenvalue weighted by Crippen LogP contribution is -2.34. The molecular weight excluding hydrogens is 322 g/mol. The summed E-state index contributed by atoms with van der Waals surface area (Å²) in [4.78, 5) is 11.9. The second kappa shape index (κ2) is 6.65. The Kier molecular flexibility index (Phi) is 4.86. The zero-order chi connectivity index (χ0) is 16.2. The van der Waals surface area contributed by atoms with Crippen LogP contribution in [0, 0.1) is 0 Å². The van der Waals surface area contributed by atoms with Crippen molar-refractivity contribution < 1.29 is 13.2 Å². The van der Waals surface area contributed by atoms with Crippen molar-refractivity contribution in [3.05, 3.63) is 60.2 Å². The molecule has 0 spiro atoms. The molecule has 6 nitrogen and oxygen atoms in total. The molecule has 1 amide bonds. The van der Waals surface area contributed by atoms with E-state index in [1.165, 1.54) is 18.2 Å². The van der Waals surface area contributed by atoms with Gasteiger partial charge in [0.05, 0.1) is 4.90 Å². The van der Waals surface area contributed by atoms with Crippen molar-refractivity contribution in [1.29, 1.82) is 0 Å². The van der Waals surface area contributed by atoms with E-state index in [1.807, 2.05) is 0 Å². The van der Waals surface area contributed by atoms with Crippen LogP contribution >= 0.6 is 12.2 Å². The van der Waals surface area contributed by atoms with Crippen LogP contribution in [0.4, 0.5) is 5.69 Å². The average molecular weight is 335 g/mol. The van der Waals surface area contributed by atoms with Gasteiger partial charge in [0.2, 0.25) is 10.0 Å². The van der Waals surface area contributed by atoms with E-state index >= 15 is 0 Å². The highest BCUT2D eigenvalue weighted by molar-refractivity contribution is 7.89. The SMILES string of the molecule is NS(=O)(=O)c1cccc(NC(=S)NC(=O)c2ccccc2)c1. The first kappa shape index (κ1) is 16.1. The van der Waals surface area contributed by atoms with E-state index in [-0.39, 0.29) is 15.9 Å². The second-order valence-electron chi connectivity index (χ2n) is 4.35. The van der Waals surface area contributed by atoms with Crippen molar-refractivity contribution in [2.24, 2.45) is 5.14 Å². The summed E-state index contributed by atoms with van der Waals surface area (Å²) in [5, 5.41) is 10.3. The number of nitrogens with two attached hydrogens (primary N) is 1. The van der Waals surface area contributed by atoms with Crippen LogP contribution in [0.2, 0.25) is 0 Å². The van der Waals surface area contributed by atoms with Gasteiger partial charge in [0.15, 0.2) is 5.11 Å². The Bertz CT molecular complexity index is 805. The van der Waals surface area contributed by atoms with E-state index in [1.54, 1.807) is 36.4 Å². The van der Waals surface area contributed by atoms with Gasteiger partial charge in [-0.1, -0.05) is 24.3 Å². The normalized spacial score (nSPS) is 10.8. The van der Waals surface area contributed by atoms with Gasteiger partial charge in [-0.05, 0) is 42.5 Å². The number of nitrogens with one attached hydrogen (secondary N) is 2. The summed E-state index contributed by atoms with van der Waals surface area (Å²) in [7, 11) is -3.80. The number of thiocarbonyl (C=S) groups is 1. The molecule has 2 aromatic rings. The molecule has 0 radical (unpaired) electrons. The molecule has 0 fully saturated rings. The lowest BCUT2D eigenvalue weighted by atomic mass is 10.2. The van der Waals surface area contributed by atoms with Crippen LogP contribution < -0.4 is 15.8 Å². The quantitative estimate of drug-likeness (QED) is 0.737. The number of hydrogen-bond acceptors (Lipinski definition) is 4. The summed E-state index contributed by atoms with van der Waals surface area (Å²) in [5.41, 5.74) is 0.870. The highest BCUT2D eigenvalue weighted by atomic mass is 32.2. The average Bonchev–Trinajstić information content (AvgIpc) is 2.47. The molecule has 0 atom stereocenters. The van der Waals surface area contributed by atoms with Gasteiger partial charge in [0.1, 0.15) is 0 Å². The number of carbonyl (C=O) groups excluding carboxylic acids is 1. The minimum Gasteiger partial charge on any atom is -0.332 e. The summed E-state index contributed by atoms with van der Waals surface area (Å²) >= 11 is 5.03. The summed E-state index contributed by atoms with van der Waals surface area (Å²) in [6.07, 6.45) is 0. The largest absolute Gasteiger partial charge is 0.332 e. The fourth-order valence-corrected chi connectivity index (χ4v) is 2.45. The third-order valence-electron chi connectivity index (χ3n) is 2.68. The molecule has 0 heterocycles. The molecule has 0 saturated heterocycles. The van der Waals surface area contributed by atoms with Crippen molar-refractivity contribution in [2.75, 3.05) is 5.32 Å². The van der Waals surface area contributed by atoms with E-state index in [0.717, 1.165) is 0 Å². The first-order chi connectivity index (χ1) is 10.4. The zero-order valence-electron chi connectivity index (χ0n) is 11.3. The Morgan fingerprint density at radius 3 is 2.36 bits per heavy atom. The van der Waals surface area contributed by atoms with E-state index in [2.05, 4.69) is 10.6 Å². The Labute approximate surface area is 133 Å². The maximum absolute atomic E-state index is 11.9. The first-order valence-corrected chi connectivity index (χ1v) is 8.12. The van der Waals surface area contributed by atoms with Crippen LogP contribution in [0.25, 0.3) is 0 Å². The van der Waals surface area contributed by atoms with Gasteiger partial charge < -0.3 is 5.32 Å². The van der Waals surface area contributed by atoms with Crippen molar-refractivity contribution in [3.8, 4) is 0 Å². The summed E-state index contributed by atoms with van der Waals surface area (Å²) < 4.78 is 22.6. The molecule has 114 valence electrons. The van der Waals surface area contributed by atoms with E-state index < -0.39 is 10.0 Å². The van der Waals surface area contributed by atoms with Gasteiger partial charge in [0, 0.05) is 11.3 Å². The van der Waals surface area contributed by atoms with Gasteiger partial charge in [-0.15, -0.1) is 0 Å². The van der Waals surface area contributed by atoms with Crippen molar-refractivity contribution in [2.45, 2.75) is 4.90 Å². The third kappa shape index (κ3) is 4.35. The fourth-order valence-electron chi connectivity index (χ4n) is 1.68. The minimum atomic E-state index is -3.80. The van der Waals surface area contributed by atoms with Crippen molar-refractivity contribution in [3.63, 3.8) is 0 Å². The molecule has 0 aliphatic heterocycles. The van der Waals surface area contributed by atoms with Crippen LogP contribution in [0.3, 0.4) is 0 Å². The highest BCUT2D eigenvalue weighted by Gasteiger charge is 2.10. The lowest BCUT2D eigenvalue weighted by Gasteiger charge is -2.10. The number of rotatable bonds is 3. The molecule has 4 N–H and O–H groups in total. The lowest BCUT2D eigenvalue weighted by molar-refractivity contribution is 0.0977. The minimum absolute atomic E-state index is 0.0466. The summed E-state index contributed by atoms with van der Waals surface area (Å²) in [5.74, 6) is -0.360. The molecule has 8 heteroatoms. The number of anilines is 1. The highest BCUT2D eigenvalue weighted by Crippen LogP contribution is 2.14. The molecule has 22 heavy (non-hydrogen) atoms. The molecule has 2 rings (SSSR count). The predicted molar refractivity (Wildman–Crippen MR) is 87.9 cm³/mol. The van der Waals surface area contributed by atoms with E-state index in [4.69, 9.17) is 17.4 Å². The topological polar surface area (TPSA) is 101 Å².